The number of carbonyl (C=O) groups excluding carboxylic acids is 4. The van der Waals surface area contributed by atoms with Gasteiger partial charge in [-0.25, -0.2) is 0 Å². The lowest BCUT2D eigenvalue weighted by Crippen LogP contribution is -2.47. The molecule has 2 aromatic carbocycles. The fraction of sp³-hybridized carbons (Fsp3) is 0.526. The number of amides is 4. The molecule has 6 atom stereocenters. The second-order valence-corrected chi connectivity index (χ2v) is 14.3. The van der Waals surface area contributed by atoms with Gasteiger partial charge in [0.2, 0.25) is 11.8 Å². The van der Waals surface area contributed by atoms with Gasteiger partial charge in [0.1, 0.15) is 24.3 Å². The van der Waals surface area contributed by atoms with Gasteiger partial charge < -0.3 is 39.7 Å². The van der Waals surface area contributed by atoms with E-state index in [1.807, 2.05) is 88.9 Å². The van der Waals surface area contributed by atoms with Gasteiger partial charge in [0.25, 0.3) is 11.8 Å². The van der Waals surface area contributed by atoms with E-state index in [9.17, 15) is 19.2 Å². The summed E-state index contributed by atoms with van der Waals surface area (Å²) in [6.07, 6.45) is 7.31. The summed E-state index contributed by atoms with van der Waals surface area (Å²) >= 11 is 0. The highest BCUT2D eigenvalue weighted by Gasteiger charge is 2.44. The van der Waals surface area contributed by atoms with Crippen molar-refractivity contribution in [1.29, 1.82) is 0 Å². The summed E-state index contributed by atoms with van der Waals surface area (Å²) in [5.74, 6) is -0.571. The Labute approximate surface area is 294 Å². The maximum absolute atomic E-state index is 13.4. The van der Waals surface area contributed by atoms with Gasteiger partial charge in [-0.3, -0.25) is 19.2 Å². The van der Waals surface area contributed by atoms with Crippen molar-refractivity contribution in [2.75, 3.05) is 65.1 Å². The van der Waals surface area contributed by atoms with Gasteiger partial charge in [0.05, 0.1) is 0 Å². The van der Waals surface area contributed by atoms with E-state index >= 15 is 0 Å². The predicted octanol–water partition coefficient (Wildman–Crippen LogP) is 3.15. The molecule has 2 N–H and O–H groups in total. The van der Waals surface area contributed by atoms with E-state index in [4.69, 9.17) is 9.47 Å². The smallest absolute Gasteiger partial charge is 0.252 e. The Hall–Kier alpha value is -4.10. The van der Waals surface area contributed by atoms with E-state index in [-0.39, 0.29) is 35.7 Å². The molecule has 0 bridgehead atoms. The lowest BCUT2D eigenvalue weighted by atomic mass is 10.1. The van der Waals surface area contributed by atoms with Crippen molar-refractivity contribution in [3.63, 3.8) is 0 Å². The summed E-state index contributed by atoms with van der Waals surface area (Å²) in [4.78, 5) is 60.7. The van der Waals surface area contributed by atoms with Crippen LogP contribution >= 0.6 is 0 Å². The standard InChI is InChI=1S/C38H50N6O6/c1-41(2)29-21-31(43(23-29)37(47)33-7-5-19-49-33)35(45)39-27-15-11-25(12-16-27)9-10-26-13-17-28(18-14-26)40-36(46)32-22-30(42(3)4)24-44(32)38(48)34-8-6-20-50-34/h9-18,29-34H,5-8,19-24H2,1-4H3,(H,39,45)(H,40,46)/t29-,30-,31-,32-,33+,34+/m0/s1. The van der Waals surface area contributed by atoms with Crippen molar-refractivity contribution in [2.45, 2.75) is 74.9 Å². The summed E-state index contributed by atoms with van der Waals surface area (Å²) in [7, 11) is 7.89. The van der Waals surface area contributed by atoms with Crippen LogP contribution in [0, 0.1) is 0 Å². The Kier molecular flexibility index (Phi) is 11.3. The van der Waals surface area contributed by atoms with Gasteiger partial charge in [0, 0.05) is 49.8 Å². The number of nitrogens with one attached hydrogen (secondary N) is 2. The number of likely N-dealkylation sites (N-methyl/N-ethyl adjacent to an activating group) is 2. The average molecular weight is 687 g/mol. The predicted molar refractivity (Wildman–Crippen MR) is 192 cm³/mol. The molecule has 0 radical (unpaired) electrons. The minimum atomic E-state index is -0.549. The van der Waals surface area contributed by atoms with Crippen LogP contribution in [0.2, 0.25) is 0 Å². The van der Waals surface area contributed by atoms with Crippen LogP contribution in [0.5, 0.6) is 0 Å². The number of ether oxygens (including phenoxy) is 2. The fourth-order valence-electron chi connectivity index (χ4n) is 7.27. The SMILES string of the molecule is CN(C)[C@H]1C[C@@H](C(=O)Nc2ccc(C=Cc3ccc(NC(=O)[C@@H]4C[C@H](N(C)C)CN4C(=O)[C@H]4CCCO4)cc3)cc2)N(C(=O)[C@H]2CCCO2)C1. The summed E-state index contributed by atoms with van der Waals surface area (Å²) in [6.45, 7) is 2.18. The van der Waals surface area contributed by atoms with Crippen LogP contribution in [-0.4, -0.2) is 134 Å². The summed E-state index contributed by atoms with van der Waals surface area (Å²) < 4.78 is 11.3. The first-order valence-electron chi connectivity index (χ1n) is 17.7. The Morgan fingerprint density at radius 2 is 1.02 bits per heavy atom. The van der Waals surface area contributed by atoms with Crippen LogP contribution < -0.4 is 10.6 Å². The van der Waals surface area contributed by atoms with Crippen LogP contribution in [0.25, 0.3) is 12.2 Å². The van der Waals surface area contributed by atoms with E-state index < -0.39 is 24.3 Å². The number of nitrogens with zero attached hydrogens (tertiary/aromatic N) is 4. The number of hydrogen-bond donors (Lipinski definition) is 2. The quantitative estimate of drug-likeness (QED) is 0.366. The van der Waals surface area contributed by atoms with Gasteiger partial charge >= 0.3 is 0 Å². The minimum Gasteiger partial charge on any atom is -0.368 e. The fourth-order valence-corrected chi connectivity index (χ4v) is 7.27. The lowest BCUT2D eigenvalue weighted by molar-refractivity contribution is -0.145. The van der Waals surface area contributed by atoms with E-state index in [0.717, 1.165) is 24.0 Å². The van der Waals surface area contributed by atoms with Crippen molar-refractivity contribution in [2.24, 2.45) is 0 Å². The molecule has 4 fully saturated rings. The molecule has 4 amide bonds. The molecule has 0 spiro atoms. The topological polar surface area (TPSA) is 124 Å². The molecule has 4 heterocycles. The number of likely N-dealkylation sites (tertiary alicyclic amines) is 2. The van der Waals surface area contributed by atoms with Crippen LogP contribution in [0.15, 0.2) is 48.5 Å². The van der Waals surface area contributed by atoms with Crippen molar-refractivity contribution in [3.8, 4) is 0 Å². The van der Waals surface area contributed by atoms with E-state index in [2.05, 4.69) is 20.4 Å². The van der Waals surface area contributed by atoms with Crippen molar-refractivity contribution < 1.29 is 28.7 Å². The summed E-state index contributed by atoms with van der Waals surface area (Å²) in [5, 5.41) is 6.02. The van der Waals surface area contributed by atoms with E-state index in [0.29, 0.717) is 63.4 Å². The Bertz CT molecular complexity index is 1430. The largest absolute Gasteiger partial charge is 0.368 e. The van der Waals surface area contributed by atoms with Crippen LogP contribution in [0.3, 0.4) is 0 Å². The minimum absolute atomic E-state index is 0.0944. The van der Waals surface area contributed by atoms with Crippen molar-refractivity contribution >= 4 is 47.2 Å². The number of benzene rings is 2. The van der Waals surface area contributed by atoms with Gasteiger partial charge in [-0.1, -0.05) is 36.4 Å². The molecule has 0 unspecified atom stereocenters. The van der Waals surface area contributed by atoms with Gasteiger partial charge in [0.15, 0.2) is 0 Å². The normalized spacial score (nSPS) is 26.8. The number of carbonyl (C=O) groups is 4. The molecule has 0 saturated carbocycles. The summed E-state index contributed by atoms with van der Waals surface area (Å²) in [5.41, 5.74) is 3.24. The second kappa shape index (κ2) is 15.8. The first kappa shape index (κ1) is 35.7. The highest BCUT2D eigenvalue weighted by Crippen LogP contribution is 2.28. The number of rotatable bonds is 10. The zero-order valence-corrected chi connectivity index (χ0v) is 29.5. The van der Waals surface area contributed by atoms with Crippen LogP contribution in [-0.2, 0) is 28.7 Å². The Balaban J connectivity index is 1.03. The molecular formula is C38H50N6O6. The molecule has 2 aromatic rings. The van der Waals surface area contributed by atoms with E-state index in [1.54, 1.807) is 9.80 Å². The van der Waals surface area contributed by atoms with Crippen LogP contribution in [0.4, 0.5) is 11.4 Å². The highest BCUT2D eigenvalue weighted by molar-refractivity contribution is 5.99. The van der Waals surface area contributed by atoms with Crippen molar-refractivity contribution in [3.05, 3.63) is 59.7 Å². The third-order valence-corrected chi connectivity index (χ3v) is 10.4. The van der Waals surface area contributed by atoms with Crippen molar-refractivity contribution in [1.82, 2.24) is 19.6 Å². The second-order valence-electron chi connectivity index (χ2n) is 14.3. The first-order valence-corrected chi connectivity index (χ1v) is 17.7. The maximum atomic E-state index is 13.4. The molecular weight excluding hydrogens is 636 g/mol. The third-order valence-electron chi connectivity index (χ3n) is 10.4. The van der Waals surface area contributed by atoms with E-state index in [1.165, 1.54) is 0 Å². The molecule has 268 valence electrons. The Morgan fingerprint density at radius 1 is 0.640 bits per heavy atom. The molecule has 0 aromatic heterocycles. The molecule has 12 nitrogen and oxygen atoms in total. The number of hydrogen-bond acceptors (Lipinski definition) is 8. The first-order chi connectivity index (χ1) is 24.1. The molecule has 4 saturated heterocycles. The van der Waals surface area contributed by atoms with Gasteiger partial charge in [-0.2, -0.15) is 0 Å². The van der Waals surface area contributed by atoms with Gasteiger partial charge in [-0.15, -0.1) is 0 Å². The van der Waals surface area contributed by atoms with Gasteiger partial charge in [-0.05, 0) is 102 Å². The summed E-state index contributed by atoms with van der Waals surface area (Å²) in [6, 6.07) is 14.3. The maximum Gasteiger partial charge on any atom is 0.252 e. The molecule has 6 rings (SSSR count). The molecule has 0 aliphatic carbocycles. The lowest BCUT2D eigenvalue weighted by Gasteiger charge is -2.26. The average Bonchev–Trinajstić information content (AvgIpc) is 3.95. The van der Waals surface area contributed by atoms with Crippen LogP contribution in [0.1, 0.15) is 49.7 Å². The third kappa shape index (κ3) is 8.26. The molecule has 50 heavy (non-hydrogen) atoms. The molecule has 4 aliphatic heterocycles. The highest BCUT2D eigenvalue weighted by atomic mass is 16.5. The molecule has 4 aliphatic rings. The molecule has 12 heteroatoms. The zero-order valence-electron chi connectivity index (χ0n) is 29.5. The monoisotopic (exact) mass is 686 g/mol. The zero-order chi connectivity index (χ0) is 35.4. The number of anilines is 2. The Morgan fingerprint density at radius 3 is 1.34 bits per heavy atom.